The predicted molar refractivity (Wildman–Crippen MR) is 280 cm³/mol. The molecule has 4 aliphatic rings. The lowest BCUT2D eigenvalue weighted by Crippen LogP contribution is -2.69. The maximum absolute atomic E-state index is 14.3. The minimum absolute atomic E-state index is 0.139. The molecule has 4 fully saturated rings. The van der Waals surface area contributed by atoms with Crippen LogP contribution >= 0.6 is 0 Å². The molecule has 21 atom stereocenters. The van der Waals surface area contributed by atoms with Gasteiger partial charge in [0.1, 0.15) is 79.6 Å². The molecule has 1 saturated carbocycles. The van der Waals surface area contributed by atoms with E-state index in [1.165, 1.54) is 44.2 Å². The number of amides is 3. The fourth-order valence-electron chi connectivity index (χ4n) is 10.3. The molecule has 1 aromatic heterocycles. The maximum atomic E-state index is 14.3. The lowest BCUT2D eigenvalue weighted by Gasteiger charge is -2.52. The van der Waals surface area contributed by atoms with Crippen molar-refractivity contribution in [2.45, 2.75) is 150 Å². The summed E-state index contributed by atoms with van der Waals surface area (Å²) in [5, 5.41) is 127. The van der Waals surface area contributed by atoms with Gasteiger partial charge in [-0.1, -0.05) is 25.1 Å². The third-order valence-electron chi connectivity index (χ3n) is 15.0. The maximum Gasteiger partial charge on any atom is 0.364 e. The van der Waals surface area contributed by atoms with Gasteiger partial charge in [0.25, 0.3) is 17.3 Å². The Morgan fingerprint density at radius 3 is 2.10 bits per heavy atom. The first-order valence-corrected chi connectivity index (χ1v) is 27.2. The monoisotopic (exact) mass is 1230 g/mol. The van der Waals surface area contributed by atoms with Crippen molar-refractivity contribution >= 4 is 41.4 Å². The number of rotatable bonds is 28. The van der Waals surface area contributed by atoms with Gasteiger partial charge in [-0.15, -0.1) is 0 Å². The smallest absolute Gasteiger partial charge is 0.364 e. The number of carboxylic acid groups (broad SMARTS) is 2. The van der Waals surface area contributed by atoms with Crippen LogP contribution < -0.4 is 27.2 Å². The van der Waals surface area contributed by atoms with Gasteiger partial charge in [-0.3, -0.25) is 29.0 Å². The fourth-order valence-corrected chi connectivity index (χ4v) is 10.3. The molecular weight excluding hydrogens is 1160 g/mol. The van der Waals surface area contributed by atoms with Crippen molar-refractivity contribution in [2.75, 3.05) is 52.7 Å². The number of carboxylic acids is 2. The molecule has 1 aromatic carbocycles. The third-order valence-corrected chi connectivity index (χ3v) is 15.0. The second kappa shape index (κ2) is 31.1. The summed E-state index contributed by atoms with van der Waals surface area (Å²) in [6, 6.07) is 6.02. The molecule has 6 rings (SSSR count). The van der Waals surface area contributed by atoms with E-state index in [-0.39, 0.29) is 31.9 Å². The lowest BCUT2D eigenvalue weighted by atomic mass is 9.75. The number of aliphatic hydroxyl groups is 9. The molecule has 86 heavy (non-hydrogen) atoms. The molecule has 480 valence electrons. The molecule has 16 N–H and O–H groups in total. The zero-order chi connectivity index (χ0) is 63.3. The van der Waals surface area contributed by atoms with Crippen LogP contribution in [0.5, 0.6) is 0 Å². The summed E-state index contributed by atoms with van der Waals surface area (Å²) in [5.74, 6) is -15.1. The van der Waals surface area contributed by atoms with Gasteiger partial charge in [0.2, 0.25) is 11.8 Å². The molecule has 34 heteroatoms. The molecule has 3 amide bonds. The average molecular weight is 1230 g/mol. The number of aliphatic hydroxyl groups excluding tert-OH is 9. The Morgan fingerprint density at radius 1 is 0.802 bits per heavy atom. The number of H-pyrrole nitrogens is 2. The number of hydrogen-bond donors (Lipinski definition) is 16. The Kier molecular flexibility index (Phi) is 24.9. The average Bonchev–Trinajstić information content (AvgIpc) is 0.810. The lowest BCUT2D eigenvalue weighted by molar-refractivity contribution is -0.381. The van der Waals surface area contributed by atoms with Gasteiger partial charge in [-0.2, -0.15) is 0 Å². The molecule has 0 spiro atoms. The van der Waals surface area contributed by atoms with Crippen molar-refractivity contribution in [3.05, 3.63) is 68.5 Å². The van der Waals surface area contributed by atoms with Crippen molar-refractivity contribution in [1.82, 2.24) is 25.9 Å². The van der Waals surface area contributed by atoms with Gasteiger partial charge in [0.05, 0.1) is 62.4 Å². The van der Waals surface area contributed by atoms with Crippen molar-refractivity contribution in [3.63, 3.8) is 0 Å². The predicted octanol–water partition coefficient (Wildman–Crippen LogP) is -7.31. The molecule has 0 radical (unpaired) electrons. The Bertz CT molecular complexity index is 2730. The number of carbonyl (C=O) groups excluding carboxylic acids is 5. The first kappa shape index (κ1) is 68.8. The van der Waals surface area contributed by atoms with Crippen LogP contribution in [-0.4, -0.2) is 270 Å². The Labute approximate surface area is 487 Å². The highest BCUT2D eigenvalue weighted by Crippen LogP contribution is 2.44. The van der Waals surface area contributed by atoms with E-state index in [2.05, 4.69) is 20.9 Å². The van der Waals surface area contributed by atoms with Gasteiger partial charge in [-0.25, -0.2) is 19.2 Å². The summed E-state index contributed by atoms with van der Waals surface area (Å²) in [6.07, 6.45) is -34.2. The third kappa shape index (κ3) is 17.3. The Morgan fingerprint density at radius 2 is 1.48 bits per heavy atom. The number of nitrogens with one attached hydrogen (secondary N) is 5. The number of ether oxygens (including phenoxy) is 9. The molecule has 34 nitrogen and oxygen atoms in total. The molecule has 1 aliphatic carbocycles. The summed E-state index contributed by atoms with van der Waals surface area (Å²) >= 11 is 0. The van der Waals surface area contributed by atoms with E-state index >= 15 is 0 Å². The Hall–Kier alpha value is -6.29. The highest BCUT2D eigenvalue weighted by atomic mass is 16.8. The highest BCUT2D eigenvalue weighted by Gasteiger charge is 2.62. The van der Waals surface area contributed by atoms with Crippen molar-refractivity contribution < 1.29 is 132 Å². The van der Waals surface area contributed by atoms with Crippen LogP contribution in [0, 0.1) is 17.8 Å². The molecular formula is C52H73N5O29. The van der Waals surface area contributed by atoms with Crippen molar-refractivity contribution in [3.8, 4) is 0 Å². The van der Waals surface area contributed by atoms with Crippen LogP contribution in [0.25, 0.3) is 0 Å². The second-order valence-corrected chi connectivity index (χ2v) is 21.0. The second-order valence-electron chi connectivity index (χ2n) is 21.0. The first-order chi connectivity index (χ1) is 40.7. The van der Waals surface area contributed by atoms with Crippen LogP contribution in [0.2, 0.25) is 0 Å². The van der Waals surface area contributed by atoms with Crippen LogP contribution in [0.1, 0.15) is 60.9 Å². The number of aliphatic carboxylic acids is 2. The molecule has 19 unspecified atom stereocenters. The van der Waals surface area contributed by atoms with Gasteiger partial charge in [0, 0.05) is 43.3 Å². The van der Waals surface area contributed by atoms with E-state index in [4.69, 9.17) is 47.7 Å². The fraction of sp³-hybridized carbons (Fsp3) is 0.673. The number of hydrogen-bond acceptors (Lipinski definition) is 27. The minimum atomic E-state index is -3.27. The zero-order valence-corrected chi connectivity index (χ0v) is 46.6. The number of esters is 1. The van der Waals surface area contributed by atoms with Crippen LogP contribution in [-0.2, 0) is 66.6 Å². The van der Waals surface area contributed by atoms with E-state index in [1.807, 2.05) is 4.98 Å². The number of aromatic nitrogens is 2. The van der Waals surface area contributed by atoms with Gasteiger partial charge >= 0.3 is 23.6 Å². The molecule has 0 bridgehead atoms. The SMILES string of the molecule is CC(=O)C(C)C1C(O)CC(OC2C(O)C(CO)OC(OC3CC(C(=O)NCCNC(=O)COCCOCC(=O)O)CC(NC(=O)c4cc(=O)[nH]c(=O)[nH]4)C3OC3OC(C)C(O)C(O)C3O)C2OC(=O)c2ccccc2)(C(=O)O)OC1[C@H](O)[C@H](O)CO. The summed E-state index contributed by atoms with van der Waals surface area (Å²) < 4.78 is 52.9. The summed E-state index contributed by atoms with van der Waals surface area (Å²) in [6.45, 7) is -0.428. The quantitative estimate of drug-likeness (QED) is 0.0278. The standard InChI is InChI=1S/C52H73N5O29/c1-21(22(2)60)35-28(61)16-52(50(75)76,85-42(35)37(68)29(62)17-58)86-43-38(69)31(18-59)82-49(44(43)83-47(74)24-7-5-4-6-8-24)81-30-14-25(45(72)54-10-9-53-33(64)19-78-11-12-79-20-34(65)66)13-26(55-46(73)27-15-32(63)57-51(77)56-27)41(30)84-48-40(71)39(70)36(67)23(3)80-48/h4-8,15,21,23,25-26,28-31,35-44,48-49,58-59,61-62,67-71H,9-14,16-20H2,1-3H3,(H,53,64)(H,54,72)(H,55,73)(H,65,66)(H,75,76)(H2,56,57,63,77)/t21?,23?,25?,26?,28?,29-,30?,31?,35?,36?,37-,38?,39?,40?,41?,42?,43?,44?,48?,49?,52?/m1/s1. The normalized spacial score (nSPS) is 33.0. The molecule has 3 saturated heterocycles. The van der Waals surface area contributed by atoms with Gasteiger partial charge in [0.15, 0.2) is 18.7 Å². The van der Waals surface area contributed by atoms with Crippen LogP contribution in [0.3, 0.4) is 0 Å². The molecule has 4 heterocycles. The van der Waals surface area contributed by atoms with Crippen molar-refractivity contribution in [1.29, 1.82) is 0 Å². The minimum Gasteiger partial charge on any atom is -0.480 e. The first-order valence-electron chi connectivity index (χ1n) is 27.2. The number of aromatic amines is 2. The van der Waals surface area contributed by atoms with Crippen LogP contribution in [0.15, 0.2) is 46.0 Å². The Balaban J connectivity index is 1.43. The van der Waals surface area contributed by atoms with Gasteiger partial charge in [-0.05, 0) is 38.8 Å². The summed E-state index contributed by atoms with van der Waals surface area (Å²) in [5.41, 5.74) is -2.98. The van der Waals surface area contributed by atoms with E-state index in [0.29, 0.717) is 6.07 Å². The molecule has 3 aliphatic heterocycles. The number of Topliss-reactive ketones (excluding diaryl/α,β-unsaturated/α-hetero) is 1. The van der Waals surface area contributed by atoms with Gasteiger partial charge < -0.3 is 120 Å². The zero-order valence-electron chi connectivity index (χ0n) is 46.6. The van der Waals surface area contributed by atoms with E-state index in [9.17, 15) is 94.2 Å². The van der Waals surface area contributed by atoms with Crippen LogP contribution in [0.4, 0.5) is 0 Å². The summed E-state index contributed by atoms with van der Waals surface area (Å²) in [4.78, 5) is 121. The summed E-state index contributed by atoms with van der Waals surface area (Å²) in [7, 11) is 0. The highest BCUT2D eigenvalue weighted by molar-refractivity contribution is 5.92. The largest absolute Gasteiger partial charge is 0.480 e. The topological polar surface area (TPSA) is 527 Å². The number of ketones is 1. The van der Waals surface area contributed by atoms with E-state index < -0.39 is 232 Å². The molecule has 2 aromatic rings. The van der Waals surface area contributed by atoms with Crippen molar-refractivity contribution in [2.24, 2.45) is 17.8 Å². The number of benzene rings is 1. The van der Waals surface area contributed by atoms with E-state index in [0.717, 1.165) is 6.92 Å². The number of carbonyl (C=O) groups is 7. The van der Waals surface area contributed by atoms with E-state index in [1.54, 1.807) is 0 Å².